The van der Waals surface area contributed by atoms with Crippen molar-refractivity contribution in [2.24, 2.45) is 0 Å². The fourth-order valence-corrected chi connectivity index (χ4v) is 2.35. The number of halogens is 2. The number of nitrogens with zero attached hydrogens (tertiary/aromatic N) is 2. The van der Waals surface area contributed by atoms with E-state index in [2.05, 4.69) is 20.9 Å². The largest absolute Gasteiger partial charge is 0.477 e. The summed E-state index contributed by atoms with van der Waals surface area (Å²) >= 11 is 3.19. The van der Waals surface area contributed by atoms with Gasteiger partial charge in [0.1, 0.15) is 17.2 Å². The van der Waals surface area contributed by atoms with Gasteiger partial charge in [-0.05, 0) is 30.3 Å². The van der Waals surface area contributed by atoms with Gasteiger partial charge in [-0.1, -0.05) is 22.0 Å². The van der Waals surface area contributed by atoms with Gasteiger partial charge in [-0.25, -0.2) is 14.2 Å². The zero-order valence-corrected chi connectivity index (χ0v) is 11.6. The Labute approximate surface area is 121 Å². The zero-order chi connectivity index (χ0) is 14.3. The van der Waals surface area contributed by atoms with E-state index in [-0.39, 0.29) is 5.69 Å². The Kier molecular flexibility index (Phi) is 3.02. The third-order valence-electron chi connectivity index (χ3n) is 2.92. The van der Waals surface area contributed by atoms with Gasteiger partial charge in [0.15, 0.2) is 0 Å². The number of carboxylic acids is 1. The van der Waals surface area contributed by atoms with E-state index in [1.165, 1.54) is 22.7 Å². The number of fused-ring (bicyclic) bond motifs is 1. The Morgan fingerprint density at radius 1 is 1.30 bits per heavy atom. The number of aromatic carboxylic acids is 1. The van der Waals surface area contributed by atoms with Crippen LogP contribution in [0.2, 0.25) is 0 Å². The lowest BCUT2D eigenvalue weighted by atomic mass is 10.1. The summed E-state index contributed by atoms with van der Waals surface area (Å²) in [4.78, 5) is 15.4. The maximum absolute atomic E-state index is 13.9. The van der Waals surface area contributed by atoms with Gasteiger partial charge in [-0.2, -0.15) is 0 Å². The van der Waals surface area contributed by atoms with Crippen molar-refractivity contribution in [2.75, 3.05) is 0 Å². The van der Waals surface area contributed by atoms with Crippen molar-refractivity contribution in [1.29, 1.82) is 0 Å². The molecular formula is C14H8BrFN2O2. The summed E-state index contributed by atoms with van der Waals surface area (Å²) in [6, 6.07) is 9.40. The molecule has 0 bridgehead atoms. The van der Waals surface area contributed by atoms with Crippen LogP contribution < -0.4 is 0 Å². The lowest BCUT2D eigenvalue weighted by Gasteiger charge is -1.99. The number of carbonyl (C=O) groups is 1. The molecule has 0 radical (unpaired) electrons. The predicted molar refractivity (Wildman–Crippen MR) is 75.2 cm³/mol. The Morgan fingerprint density at radius 3 is 2.80 bits per heavy atom. The van der Waals surface area contributed by atoms with Crippen LogP contribution >= 0.6 is 15.9 Å². The molecule has 4 nitrogen and oxygen atoms in total. The van der Waals surface area contributed by atoms with Crippen LogP contribution in [-0.4, -0.2) is 20.5 Å². The molecule has 3 aromatic rings. The number of pyridine rings is 1. The summed E-state index contributed by atoms with van der Waals surface area (Å²) in [5.41, 5.74) is 1.26. The number of carboxylic acid groups (broad SMARTS) is 1. The Bertz CT molecular complexity index is 829. The highest BCUT2D eigenvalue weighted by Crippen LogP contribution is 2.25. The summed E-state index contributed by atoms with van der Waals surface area (Å²) in [5.74, 6) is -1.48. The van der Waals surface area contributed by atoms with Crippen LogP contribution in [0.5, 0.6) is 0 Å². The molecule has 2 heterocycles. The first-order valence-electron chi connectivity index (χ1n) is 5.73. The maximum Gasteiger partial charge on any atom is 0.352 e. The molecule has 0 saturated carbocycles. The summed E-state index contributed by atoms with van der Waals surface area (Å²) in [5, 5.41) is 9.12. The summed E-state index contributed by atoms with van der Waals surface area (Å²) in [7, 11) is 0. The smallest absolute Gasteiger partial charge is 0.352 e. The van der Waals surface area contributed by atoms with Gasteiger partial charge in [0.2, 0.25) is 0 Å². The molecule has 0 atom stereocenters. The third-order valence-corrected chi connectivity index (χ3v) is 3.41. The molecular weight excluding hydrogens is 327 g/mol. The van der Waals surface area contributed by atoms with Crippen LogP contribution in [-0.2, 0) is 0 Å². The average Bonchev–Trinajstić information content (AvgIpc) is 2.81. The van der Waals surface area contributed by atoms with Gasteiger partial charge >= 0.3 is 5.97 Å². The standard InChI is InChI=1S/C14H8BrFN2O2/c15-8-4-5-9(10(16)6-8)11-7-18-12(14(19)20)2-1-3-13(18)17-11/h1-7H,(H,19,20). The van der Waals surface area contributed by atoms with Gasteiger partial charge in [0.25, 0.3) is 0 Å². The predicted octanol–water partition coefficient (Wildman–Crippen LogP) is 3.60. The molecule has 20 heavy (non-hydrogen) atoms. The van der Waals surface area contributed by atoms with E-state index in [9.17, 15) is 9.18 Å². The number of hydrogen-bond donors (Lipinski definition) is 1. The zero-order valence-electron chi connectivity index (χ0n) is 10.0. The fourth-order valence-electron chi connectivity index (χ4n) is 2.01. The molecule has 0 aliphatic heterocycles. The van der Waals surface area contributed by atoms with Crippen molar-refractivity contribution < 1.29 is 14.3 Å². The molecule has 0 unspecified atom stereocenters. The van der Waals surface area contributed by atoms with E-state index in [1.807, 2.05) is 0 Å². The first-order chi connectivity index (χ1) is 9.56. The van der Waals surface area contributed by atoms with E-state index in [1.54, 1.807) is 24.3 Å². The molecule has 6 heteroatoms. The van der Waals surface area contributed by atoms with E-state index >= 15 is 0 Å². The first kappa shape index (κ1) is 12.8. The highest BCUT2D eigenvalue weighted by molar-refractivity contribution is 9.10. The van der Waals surface area contributed by atoms with Gasteiger partial charge in [0.05, 0.1) is 5.69 Å². The Balaban J connectivity index is 2.23. The summed E-state index contributed by atoms with van der Waals surface area (Å²) < 4.78 is 16.0. The quantitative estimate of drug-likeness (QED) is 0.779. The lowest BCUT2D eigenvalue weighted by Crippen LogP contribution is -2.03. The molecule has 3 rings (SSSR count). The van der Waals surface area contributed by atoms with E-state index in [0.717, 1.165) is 0 Å². The molecule has 0 fully saturated rings. The maximum atomic E-state index is 13.9. The van der Waals surface area contributed by atoms with E-state index in [4.69, 9.17) is 5.11 Å². The highest BCUT2D eigenvalue weighted by atomic mass is 79.9. The van der Waals surface area contributed by atoms with Crippen LogP contribution in [0, 0.1) is 5.82 Å². The van der Waals surface area contributed by atoms with Gasteiger partial charge in [-0.3, -0.25) is 4.40 Å². The van der Waals surface area contributed by atoms with Crippen molar-refractivity contribution in [1.82, 2.24) is 9.38 Å². The normalized spacial score (nSPS) is 10.9. The molecule has 2 aromatic heterocycles. The number of benzene rings is 1. The lowest BCUT2D eigenvalue weighted by molar-refractivity contribution is 0.0689. The van der Waals surface area contributed by atoms with Crippen molar-refractivity contribution in [3.05, 3.63) is 58.6 Å². The average molecular weight is 335 g/mol. The van der Waals surface area contributed by atoms with Gasteiger partial charge in [-0.15, -0.1) is 0 Å². The van der Waals surface area contributed by atoms with Crippen molar-refractivity contribution in [3.63, 3.8) is 0 Å². The molecule has 0 aliphatic rings. The Morgan fingerprint density at radius 2 is 2.10 bits per heavy atom. The van der Waals surface area contributed by atoms with Crippen LogP contribution in [0.25, 0.3) is 16.9 Å². The van der Waals surface area contributed by atoms with Gasteiger partial charge < -0.3 is 5.11 Å². The molecule has 1 aromatic carbocycles. The number of rotatable bonds is 2. The number of hydrogen-bond acceptors (Lipinski definition) is 2. The first-order valence-corrected chi connectivity index (χ1v) is 6.52. The third kappa shape index (κ3) is 2.08. The van der Waals surface area contributed by atoms with Crippen LogP contribution in [0.3, 0.4) is 0 Å². The number of imidazole rings is 1. The summed E-state index contributed by atoms with van der Waals surface area (Å²) in [6.07, 6.45) is 1.52. The molecule has 100 valence electrons. The van der Waals surface area contributed by atoms with Crippen LogP contribution in [0.1, 0.15) is 10.5 Å². The van der Waals surface area contributed by atoms with Crippen molar-refractivity contribution in [3.8, 4) is 11.3 Å². The van der Waals surface area contributed by atoms with Crippen LogP contribution in [0.15, 0.2) is 47.1 Å². The minimum atomic E-state index is -1.06. The number of aromatic nitrogens is 2. The monoisotopic (exact) mass is 334 g/mol. The molecule has 0 saturated heterocycles. The van der Waals surface area contributed by atoms with Crippen molar-refractivity contribution in [2.45, 2.75) is 0 Å². The van der Waals surface area contributed by atoms with Crippen molar-refractivity contribution >= 4 is 27.5 Å². The second-order valence-electron chi connectivity index (χ2n) is 4.19. The van der Waals surface area contributed by atoms with Gasteiger partial charge in [0, 0.05) is 16.2 Å². The highest BCUT2D eigenvalue weighted by Gasteiger charge is 2.13. The molecule has 0 amide bonds. The van der Waals surface area contributed by atoms with E-state index < -0.39 is 11.8 Å². The van der Waals surface area contributed by atoms with E-state index in [0.29, 0.717) is 21.4 Å². The second kappa shape index (κ2) is 4.72. The minimum Gasteiger partial charge on any atom is -0.477 e. The molecule has 0 aliphatic carbocycles. The van der Waals surface area contributed by atoms with Crippen LogP contribution in [0.4, 0.5) is 4.39 Å². The fraction of sp³-hybridized carbons (Fsp3) is 0. The molecule has 1 N–H and O–H groups in total. The summed E-state index contributed by atoms with van der Waals surface area (Å²) in [6.45, 7) is 0. The Hall–Kier alpha value is -2.21. The second-order valence-corrected chi connectivity index (χ2v) is 5.11. The topological polar surface area (TPSA) is 54.6 Å². The molecule has 0 spiro atoms. The minimum absolute atomic E-state index is 0.0822. The SMILES string of the molecule is O=C(O)c1cccc2nc(-c3ccc(Br)cc3F)cn12.